The fourth-order valence-electron chi connectivity index (χ4n) is 2.24. The highest BCUT2D eigenvalue weighted by atomic mass is 19.4. The maximum atomic E-state index is 12.3. The van der Waals surface area contributed by atoms with Gasteiger partial charge in [0.05, 0.1) is 11.8 Å². The molecule has 114 valence electrons. The predicted octanol–water partition coefficient (Wildman–Crippen LogP) is 2.48. The third-order valence-electron chi connectivity index (χ3n) is 3.15. The van der Waals surface area contributed by atoms with Crippen LogP contribution in [-0.4, -0.2) is 29.7 Å². The summed E-state index contributed by atoms with van der Waals surface area (Å²) < 4.78 is 73.7. The van der Waals surface area contributed by atoms with Gasteiger partial charge < -0.3 is 0 Å². The summed E-state index contributed by atoms with van der Waals surface area (Å²) in [5.74, 6) is -11.6. The van der Waals surface area contributed by atoms with E-state index >= 15 is 0 Å². The van der Waals surface area contributed by atoms with E-state index in [2.05, 4.69) is 0 Å². The van der Waals surface area contributed by atoms with Crippen molar-refractivity contribution >= 4 is 17.3 Å². The number of ketones is 3. The number of carbonyl (C=O) groups excluding carboxylic acids is 3. The first-order valence-electron chi connectivity index (χ1n) is 5.61. The molecule has 0 saturated heterocycles. The number of rotatable bonds is 2. The van der Waals surface area contributed by atoms with Gasteiger partial charge in [0, 0.05) is 0 Å². The molecule has 2 atom stereocenters. The predicted molar refractivity (Wildman–Crippen MR) is 52.5 cm³/mol. The molecule has 20 heavy (non-hydrogen) atoms. The highest BCUT2D eigenvalue weighted by Gasteiger charge is 2.54. The maximum absolute atomic E-state index is 12.3. The molecule has 1 aliphatic carbocycles. The Balaban J connectivity index is 3.05. The summed E-state index contributed by atoms with van der Waals surface area (Å²) in [5.41, 5.74) is 0. The summed E-state index contributed by atoms with van der Waals surface area (Å²) in [7, 11) is 0. The number of Topliss-reactive ketones (excluding diaryl/α,β-unsaturated/α-hetero) is 3. The minimum Gasteiger partial charge on any atom is -0.298 e. The van der Waals surface area contributed by atoms with Crippen molar-refractivity contribution in [2.24, 2.45) is 17.8 Å². The van der Waals surface area contributed by atoms with Gasteiger partial charge >= 0.3 is 12.4 Å². The second-order valence-corrected chi connectivity index (χ2v) is 4.81. The maximum Gasteiger partial charge on any atom is 0.450 e. The molecule has 0 aliphatic heterocycles. The lowest BCUT2D eigenvalue weighted by molar-refractivity contribution is -0.184. The zero-order valence-corrected chi connectivity index (χ0v) is 10.1. The van der Waals surface area contributed by atoms with Gasteiger partial charge in [-0.05, 0) is 18.8 Å². The average Bonchev–Trinajstić information content (AvgIpc) is 2.27. The molecule has 0 heterocycles. The van der Waals surface area contributed by atoms with Gasteiger partial charge in [-0.1, -0.05) is 6.92 Å². The van der Waals surface area contributed by atoms with E-state index in [1.807, 2.05) is 0 Å². The molecule has 0 aromatic rings. The Morgan fingerprint density at radius 1 is 0.900 bits per heavy atom. The summed E-state index contributed by atoms with van der Waals surface area (Å²) in [6, 6.07) is 0. The molecule has 3 nitrogen and oxygen atoms in total. The molecule has 0 radical (unpaired) electrons. The fraction of sp³-hybridized carbons (Fsp3) is 0.727. The van der Waals surface area contributed by atoms with E-state index in [4.69, 9.17) is 0 Å². The first-order chi connectivity index (χ1) is 8.85. The number of carbonyl (C=O) groups is 3. The van der Waals surface area contributed by atoms with Gasteiger partial charge in [0.25, 0.3) is 0 Å². The van der Waals surface area contributed by atoms with E-state index in [-0.39, 0.29) is 0 Å². The van der Waals surface area contributed by atoms with Crippen LogP contribution < -0.4 is 0 Å². The molecule has 1 fully saturated rings. The van der Waals surface area contributed by atoms with E-state index in [9.17, 15) is 40.7 Å². The van der Waals surface area contributed by atoms with Crippen molar-refractivity contribution in [2.45, 2.75) is 32.1 Å². The molecule has 9 heteroatoms. The third-order valence-corrected chi connectivity index (χ3v) is 3.15. The van der Waals surface area contributed by atoms with Crippen molar-refractivity contribution < 1.29 is 40.7 Å². The van der Waals surface area contributed by atoms with Gasteiger partial charge in [-0.3, -0.25) is 14.4 Å². The zero-order chi connectivity index (χ0) is 15.9. The highest BCUT2D eigenvalue weighted by molar-refractivity contribution is 6.14. The number of hydrogen-bond acceptors (Lipinski definition) is 3. The van der Waals surface area contributed by atoms with E-state index in [1.165, 1.54) is 6.92 Å². The molecule has 0 aromatic heterocycles. The molecule has 0 N–H and O–H groups in total. The normalized spacial score (nSPS) is 28.4. The van der Waals surface area contributed by atoms with Crippen molar-refractivity contribution in [1.82, 2.24) is 0 Å². The number of halogens is 6. The van der Waals surface area contributed by atoms with Crippen LogP contribution in [0.4, 0.5) is 26.3 Å². The summed E-state index contributed by atoms with van der Waals surface area (Å²) in [6.45, 7) is 1.29. The summed E-state index contributed by atoms with van der Waals surface area (Å²) in [6.07, 6.45) is -11.6. The van der Waals surface area contributed by atoms with Gasteiger partial charge in [0.1, 0.15) is 0 Å². The third kappa shape index (κ3) is 3.37. The summed E-state index contributed by atoms with van der Waals surface area (Å²) in [4.78, 5) is 33.7. The molecule has 1 aliphatic rings. The van der Waals surface area contributed by atoms with Gasteiger partial charge in [0.2, 0.25) is 11.6 Å². The summed E-state index contributed by atoms with van der Waals surface area (Å²) in [5, 5.41) is 0. The van der Waals surface area contributed by atoms with Crippen molar-refractivity contribution in [3.63, 3.8) is 0 Å². The molecular weight excluding hydrogens is 294 g/mol. The van der Waals surface area contributed by atoms with Crippen LogP contribution in [0.15, 0.2) is 0 Å². The van der Waals surface area contributed by atoms with Crippen molar-refractivity contribution in [3.8, 4) is 0 Å². The largest absolute Gasteiger partial charge is 0.450 e. The molecule has 2 unspecified atom stereocenters. The van der Waals surface area contributed by atoms with Gasteiger partial charge in [-0.15, -0.1) is 0 Å². The lowest BCUT2D eigenvalue weighted by Gasteiger charge is -2.31. The first-order valence-corrected chi connectivity index (χ1v) is 5.61. The molecule has 0 bridgehead atoms. The van der Waals surface area contributed by atoms with Crippen molar-refractivity contribution in [1.29, 1.82) is 0 Å². The number of alkyl halides is 6. The second kappa shape index (κ2) is 5.17. The van der Waals surface area contributed by atoms with Gasteiger partial charge in [0.15, 0.2) is 5.78 Å². The Labute approximate surface area is 109 Å². The topological polar surface area (TPSA) is 51.2 Å². The Bertz CT molecular complexity index is 398. The summed E-state index contributed by atoms with van der Waals surface area (Å²) >= 11 is 0. The Morgan fingerprint density at radius 2 is 1.20 bits per heavy atom. The quantitative estimate of drug-likeness (QED) is 0.582. The Hall–Kier alpha value is -1.41. The van der Waals surface area contributed by atoms with E-state index < -0.39 is 60.3 Å². The molecule has 0 aromatic carbocycles. The van der Waals surface area contributed by atoms with Crippen LogP contribution in [-0.2, 0) is 14.4 Å². The second-order valence-electron chi connectivity index (χ2n) is 4.81. The molecule has 1 rings (SSSR count). The molecule has 0 spiro atoms. The SMILES string of the molecule is CC1CC(C(=O)C(F)(F)F)C(=O)C(C(=O)C(F)(F)F)C1. The van der Waals surface area contributed by atoms with Gasteiger partial charge in [-0.25, -0.2) is 0 Å². The first kappa shape index (κ1) is 16.6. The lowest BCUT2D eigenvalue weighted by Crippen LogP contribution is -2.47. The molecular formula is C11H10F6O3. The smallest absolute Gasteiger partial charge is 0.298 e. The van der Waals surface area contributed by atoms with Crippen LogP contribution >= 0.6 is 0 Å². The average molecular weight is 304 g/mol. The van der Waals surface area contributed by atoms with E-state index in [0.717, 1.165) is 0 Å². The van der Waals surface area contributed by atoms with E-state index in [0.29, 0.717) is 0 Å². The minimum atomic E-state index is -5.32. The van der Waals surface area contributed by atoms with Crippen LogP contribution in [0.5, 0.6) is 0 Å². The van der Waals surface area contributed by atoms with Crippen molar-refractivity contribution in [3.05, 3.63) is 0 Å². The lowest BCUT2D eigenvalue weighted by atomic mass is 9.71. The zero-order valence-electron chi connectivity index (χ0n) is 10.1. The van der Waals surface area contributed by atoms with Crippen LogP contribution in [0.1, 0.15) is 19.8 Å². The Kier molecular flexibility index (Phi) is 4.31. The minimum absolute atomic E-state index is 0.501. The monoisotopic (exact) mass is 304 g/mol. The molecule has 0 amide bonds. The van der Waals surface area contributed by atoms with Crippen LogP contribution in [0.3, 0.4) is 0 Å². The van der Waals surface area contributed by atoms with Crippen LogP contribution in [0, 0.1) is 17.8 Å². The highest BCUT2D eigenvalue weighted by Crippen LogP contribution is 2.37. The van der Waals surface area contributed by atoms with Crippen LogP contribution in [0.2, 0.25) is 0 Å². The fourth-order valence-corrected chi connectivity index (χ4v) is 2.24. The van der Waals surface area contributed by atoms with E-state index in [1.54, 1.807) is 0 Å². The van der Waals surface area contributed by atoms with Crippen LogP contribution in [0.25, 0.3) is 0 Å². The molecule has 1 saturated carbocycles. The Morgan fingerprint density at radius 3 is 1.45 bits per heavy atom. The van der Waals surface area contributed by atoms with Crippen molar-refractivity contribution in [2.75, 3.05) is 0 Å². The standard InChI is InChI=1S/C11H10F6O3/c1-4-2-5(8(19)10(12,13)14)7(18)6(3-4)9(20)11(15,16)17/h4-6H,2-3H2,1H3. The number of hydrogen-bond donors (Lipinski definition) is 0. The van der Waals surface area contributed by atoms with Gasteiger partial charge in [-0.2, -0.15) is 26.3 Å².